The molecule has 24 heavy (non-hydrogen) atoms. The van der Waals surface area contributed by atoms with Crippen LogP contribution < -0.4 is 14.8 Å². The number of rotatable bonds is 9. The van der Waals surface area contributed by atoms with Crippen LogP contribution in [0.5, 0.6) is 11.5 Å². The van der Waals surface area contributed by atoms with E-state index in [1.54, 1.807) is 7.11 Å². The molecule has 0 unspecified atom stereocenters. The van der Waals surface area contributed by atoms with Gasteiger partial charge in [-0.05, 0) is 43.0 Å². The predicted molar refractivity (Wildman–Crippen MR) is 110 cm³/mol. The molecule has 0 aliphatic heterocycles. The highest BCUT2D eigenvalue weighted by Crippen LogP contribution is 2.33. The van der Waals surface area contributed by atoms with Crippen molar-refractivity contribution in [3.8, 4) is 11.5 Å². The second-order valence-electron chi connectivity index (χ2n) is 6.01. The van der Waals surface area contributed by atoms with Crippen molar-refractivity contribution in [1.29, 1.82) is 0 Å². The Balaban J connectivity index is 0.00000288. The Kier molecular flexibility index (Phi) is 9.90. The normalized spacial score (nSPS) is 13.9. The summed E-state index contributed by atoms with van der Waals surface area (Å²) in [4.78, 5) is 6.43. The van der Waals surface area contributed by atoms with Gasteiger partial charge in [-0.15, -0.1) is 24.0 Å². The van der Waals surface area contributed by atoms with Crippen LogP contribution in [0.4, 0.5) is 0 Å². The van der Waals surface area contributed by atoms with Gasteiger partial charge in [0.2, 0.25) is 0 Å². The zero-order chi connectivity index (χ0) is 16.5. The van der Waals surface area contributed by atoms with Crippen LogP contribution in [0.1, 0.15) is 25.7 Å². The first kappa shape index (κ1) is 20.9. The number of aliphatic imine (C=N–C) groups is 1. The zero-order valence-electron chi connectivity index (χ0n) is 15.0. The van der Waals surface area contributed by atoms with Gasteiger partial charge in [0.1, 0.15) is 18.1 Å². The summed E-state index contributed by atoms with van der Waals surface area (Å²) in [5.41, 5.74) is 0. The van der Waals surface area contributed by atoms with Crippen LogP contribution >= 0.6 is 24.0 Å². The molecule has 0 heterocycles. The minimum Gasteiger partial charge on any atom is -0.497 e. The van der Waals surface area contributed by atoms with Gasteiger partial charge in [-0.1, -0.05) is 12.8 Å². The van der Waals surface area contributed by atoms with Crippen molar-refractivity contribution in [2.24, 2.45) is 10.9 Å². The largest absolute Gasteiger partial charge is 0.497 e. The van der Waals surface area contributed by atoms with E-state index in [1.165, 1.54) is 25.7 Å². The van der Waals surface area contributed by atoms with Crippen LogP contribution in [0.2, 0.25) is 0 Å². The number of nitrogens with zero attached hydrogens (tertiary/aromatic N) is 2. The molecule has 1 fully saturated rings. The predicted octanol–water partition coefficient (Wildman–Crippen LogP) is 3.39. The molecule has 2 rings (SSSR count). The van der Waals surface area contributed by atoms with Crippen molar-refractivity contribution in [2.45, 2.75) is 25.7 Å². The molecule has 0 spiro atoms. The Labute approximate surface area is 162 Å². The van der Waals surface area contributed by atoms with Crippen molar-refractivity contribution in [1.82, 2.24) is 10.2 Å². The molecule has 6 heteroatoms. The molecule has 0 saturated heterocycles. The van der Waals surface area contributed by atoms with Crippen LogP contribution in [0.25, 0.3) is 0 Å². The topological polar surface area (TPSA) is 46.1 Å². The smallest absolute Gasteiger partial charge is 0.193 e. The number of hydrogen-bond acceptors (Lipinski definition) is 3. The van der Waals surface area contributed by atoms with Crippen molar-refractivity contribution in [2.75, 3.05) is 40.9 Å². The third-order valence-corrected chi connectivity index (χ3v) is 4.10. The van der Waals surface area contributed by atoms with E-state index in [4.69, 9.17) is 9.47 Å². The van der Waals surface area contributed by atoms with Gasteiger partial charge < -0.3 is 19.7 Å². The van der Waals surface area contributed by atoms with Crippen LogP contribution in [0.15, 0.2) is 29.3 Å². The molecule has 136 valence electrons. The second-order valence-corrected chi connectivity index (χ2v) is 6.01. The second kappa shape index (κ2) is 11.4. The van der Waals surface area contributed by atoms with Crippen molar-refractivity contribution in [3.05, 3.63) is 24.3 Å². The molecule has 1 N–H and O–H groups in total. The lowest BCUT2D eigenvalue weighted by atomic mass is 10.2. The standard InChI is InChI=1S/C18H29N3O2.HI/c1-19-18(20-12-4-5-15-6-7-15)21(2)13-14-23-17-10-8-16(22-3)9-11-17;/h8-11,15H,4-7,12-14H2,1-3H3,(H,19,20);1H. The molecule has 1 aromatic rings. The van der Waals surface area contributed by atoms with Gasteiger partial charge in [-0.3, -0.25) is 4.99 Å². The van der Waals surface area contributed by atoms with Crippen LogP contribution in [0, 0.1) is 5.92 Å². The summed E-state index contributed by atoms with van der Waals surface area (Å²) in [7, 11) is 5.52. The summed E-state index contributed by atoms with van der Waals surface area (Å²) in [6, 6.07) is 7.65. The molecule has 0 atom stereocenters. The maximum absolute atomic E-state index is 5.76. The number of nitrogens with one attached hydrogen (secondary N) is 1. The molecular weight excluding hydrogens is 417 g/mol. The molecule has 5 nitrogen and oxygen atoms in total. The van der Waals surface area contributed by atoms with Gasteiger partial charge in [0, 0.05) is 20.6 Å². The lowest BCUT2D eigenvalue weighted by Crippen LogP contribution is -2.41. The molecule has 1 aliphatic rings. The Morgan fingerprint density at radius 2 is 1.92 bits per heavy atom. The molecular formula is C18H30IN3O2. The molecule has 0 amide bonds. The summed E-state index contributed by atoms with van der Waals surface area (Å²) in [6.07, 6.45) is 5.42. The van der Waals surface area contributed by atoms with Crippen LogP contribution in [0.3, 0.4) is 0 Å². The van der Waals surface area contributed by atoms with Gasteiger partial charge in [-0.2, -0.15) is 0 Å². The van der Waals surface area contributed by atoms with Gasteiger partial charge >= 0.3 is 0 Å². The van der Waals surface area contributed by atoms with Crippen molar-refractivity contribution < 1.29 is 9.47 Å². The summed E-state index contributed by atoms with van der Waals surface area (Å²) in [5.74, 6) is 3.62. The molecule has 0 bridgehead atoms. The van der Waals surface area contributed by atoms with E-state index in [2.05, 4.69) is 15.2 Å². The first-order valence-corrected chi connectivity index (χ1v) is 8.41. The minimum atomic E-state index is 0. The molecule has 1 aromatic carbocycles. The number of benzene rings is 1. The third-order valence-electron chi connectivity index (χ3n) is 4.10. The zero-order valence-corrected chi connectivity index (χ0v) is 17.3. The average molecular weight is 447 g/mol. The third kappa shape index (κ3) is 7.59. The van der Waals surface area contributed by atoms with E-state index in [1.807, 2.05) is 38.4 Å². The van der Waals surface area contributed by atoms with E-state index < -0.39 is 0 Å². The van der Waals surface area contributed by atoms with Crippen LogP contribution in [-0.2, 0) is 0 Å². The fraction of sp³-hybridized carbons (Fsp3) is 0.611. The Morgan fingerprint density at radius 3 is 2.50 bits per heavy atom. The van der Waals surface area contributed by atoms with Gasteiger partial charge in [0.05, 0.1) is 13.7 Å². The fourth-order valence-electron chi connectivity index (χ4n) is 2.46. The average Bonchev–Trinajstić information content (AvgIpc) is 3.39. The SMILES string of the molecule is CN=C(NCCCC1CC1)N(C)CCOc1ccc(OC)cc1.I. The Morgan fingerprint density at radius 1 is 1.25 bits per heavy atom. The summed E-state index contributed by atoms with van der Waals surface area (Å²) >= 11 is 0. The number of likely N-dealkylation sites (N-methyl/N-ethyl adjacent to an activating group) is 1. The van der Waals surface area contributed by atoms with Gasteiger partial charge in [0.15, 0.2) is 5.96 Å². The maximum Gasteiger partial charge on any atom is 0.193 e. The monoisotopic (exact) mass is 447 g/mol. The van der Waals surface area contributed by atoms with Crippen molar-refractivity contribution >= 4 is 29.9 Å². The minimum absolute atomic E-state index is 0. The van der Waals surface area contributed by atoms with Gasteiger partial charge in [-0.25, -0.2) is 0 Å². The Bertz CT molecular complexity index is 490. The molecule has 1 aliphatic carbocycles. The van der Waals surface area contributed by atoms with E-state index in [0.29, 0.717) is 6.61 Å². The van der Waals surface area contributed by atoms with Crippen molar-refractivity contribution in [3.63, 3.8) is 0 Å². The number of methoxy groups -OCH3 is 1. The number of halogens is 1. The number of hydrogen-bond donors (Lipinski definition) is 1. The van der Waals surface area contributed by atoms with Gasteiger partial charge in [0.25, 0.3) is 0 Å². The lowest BCUT2D eigenvalue weighted by molar-refractivity contribution is 0.281. The molecule has 1 saturated carbocycles. The van der Waals surface area contributed by atoms with E-state index >= 15 is 0 Å². The molecule has 0 radical (unpaired) electrons. The van der Waals surface area contributed by atoms with Crippen LogP contribution in [-0.4, -0.2) is 51.8 Å². The quantitative estimate of drug-likeness (QED) is 0.273. The first-order valence-electron chi connectivity index (χ1n) is 8.41. The fourth-order valence-corrected chi connectivity index (χ4v) is 2.46. The van der Waals surface area contributed by atoms with E-state index in [-0.39, 0.29) is 24.0 Å². The molecule has 0 aromatic heterocycles. The maximum atomic E-state index is 5.76. The van der Waals surface area contributed by atoms with E-state index in [9.17, 15) is 0 Å². The Hall–Kier alpha value is -1.18. The summed E-state index contributed by atoms with van der Waals surface area (Å²) in [6.45, 7) is 2.40. The number of ether oxygens (including phenoxy) is 2. The highest BCUT2D eigenvalue weighted by molar-refractivity contribution is 14.0. The highest BCUT2D eigenvalue weighted by Gasteiger charge is 2.20. The summed E-state index contributed by atoms with van der Waals surface area (Å²) < 4.78 is 10.9. The first-order chi connectivity index (χ1) is 11.2. The van der Waals surface area contributed by atoms with E-state index in [0.717, 1.165) is 36.5 Å². The summed E-state index contributed by atoms with van der Waals surface area (Å²) in [5, 5.41) is 3.42. The lowest BCUT2D eigenvalue weighted by Gasteiger charge is -2.22. The highest BCUT2D eigenvalue weighted by atomic mass is 127. The number of guanidine groups is 1.